The van der Waals surface area contributed by atoms with Crippen LogP contribution in [0.5, 0.6) is 0 Å². The minimum atomic E-state index is -3.57. The van der Waals surface area contributed by atoms with E-state index in [1.807, 2.05) is 0 Å². The fourth-order valence-corrected chi connectivity index (χ4v) is 33.6. The summed E-state index contributed by atoms with van der Waals surface area (Å²) < 4.78 is 27.9. The Kier molecular flexibility index (Phi) is 17.9. The number of hydrogen-bond acceptors (Lipinski definition) is 3. The van der Waals surface area contributed by atoms with Crippen molar-refractivity contribution >= 4 is 167 Å². The zero-order chi connectivity index (χ0) is 87.0. The predicted molar refractivity (Wildman–Crippen MR) is 559 cm³/mol. The molecule has 0 fully saturated rings. The van der Waals surface area contributed by atoms with E-state index in [2.05, 4.69) is 505 Å². The molecule has 0 saturated heterocycles. The molecule has 0 aliphatic carbocycles. The second-order valence-corrected chi connectivity index (χ2v) is 44.2. The van der Waals surface area contributed by atoms with E-state index >= 15 is 0 Å². The van der Waals surface area contributed by atoms with Crippen LogP contribution in [0.25, 0.3) is 194 Å². The molecule has 0 aliphatic rings. The van der Waals surface area contributed by atoms with Gasteiger partial charge >= 0.3 is 619 Å². The van der Waals surface area contributed by atoms with E-state index in [9.17, 15) is 0 Å². The van der Waals surface area contributed by atoms with E-state index in [1.54, 1.807) is 0 Å². The first kappa shape index (κ1) is 76.4. The molecule has 622 valence electrons. The molecule has 0 bridgehead atoms. The van der Waals surface area contributed by atoms with Crippen molar-refractivity contribution < 1.29 is 13.3 Å². The number of fused-ring (bicyclic) bond motifs is 16. The van der Waals surface area contributed by atoms with Gasteiger partial charge < -0.3 is 4.42 Å². The molecule has 132 heavy (non-hydrogen) atoms. The first-order valence-electron chi connectivity index (χ1n) is 45.6. The molecule has 8 heteroatoms. The predicted octanol–water partition coefficient (Wildman–Crippen LogP) is 26.6. The summed E-state index contributed by atoms with van der Waals surface area (Å²) in [6.07, 6.45) is 0. The largest absolute Gasteiger partial charge is 0.0617 e. The fourth-order valence-electron chi connectivity index (χ4n) is 22.6. The van der Waals surface area contributed by atoms with Gasteiger partial charge in [-0.1, -0.05) is 72.8 Å². The van der Waals surface area contributed by atoms with Crippen LogP contribution in [0.3, 0.4) is 0 Å². The normalized spacial score (nSPS) is 12.3. The Balaban J connectivity index is 0.632. The smallest absolute Gasteiger partial charge is 0.0544 e. The monoisotopic (exact) mass is 1720 g/mol. The third-order valence-electron chi connectivity index (χ3n) is 28.5. The van der Waals surface area contributed by atoms with E-state index in [4.69, 9.17) is 13.3 Å². The molecule has 0 N–H and O–H groups in total. The van der Waals surface area contributed by atoms with Crippen LogP contribution in [0, 0.1) is 0 Å². The van der Waals surface area contributed by atoms with Gasteiger partial charge in [-0.15, -0.1) is 0 Å². The van der Waals surface area contributed by atoms with Gasteiger partial charge in [-0.3, -0.25) is 4.57 Å². The topological polar surface area (TPSA) is 54.2 Å². The van der Waals surface area contributed by atoms with Crippen LogP contribution in [-0.4, -0.2) is 29.8 Å². The second kappa shape index (κ2) is 31.0. The summed E-state index contributed by atoms with van der Waals surface area (Å²) in [5.74, 6) is 0. The van der Waals surface area contributed by atoms with Crippen molar-refractivity contribution in [2.75, 3.05) is 0 Å². The molecular weight excluding hydrogens is 1640 g/mol. The van der Waals surface area contributed by atoms with Crippen LogP contribution in [0.4, 0.5) is 0 Å². The molecule has 0 unspecified atom stereocenters. The van der Waals surface area contributed by atoms with Crippen molar-refractivity contribution in [3.8, 4) is 83.8 Å². The second-order valence-electron chi connectivity index (χ2n) is 35.4. The van der Waals surface area contributed by atoms with Crippen LogP contribution < -0.4 is 41.5 Å². The van der Waals surface area contributed by atoms with Crippen molar-refractivity contribution in [1.82, 2.24) is 13.7 Å². The Labute approximate surface area is 764 Å². The van der Waals surface area contributed by atoms with Crippen molar-refractivity contribution in [3.63, 3.8) is 0 Å². The molecule has 6 heterocycles. The van der Waals surface area contributed by atoms with Gasteiger partial charge in [-0.2, -0.15) is 0 Å². The molecule has 26 rings (SSSR count). The molecule has 26 aromatic rings. The molecular formula is C124H83N3O3Si2-2. The summed E-state index contributed by atoms with van der Waals surface area (Å²) in [6.45, 7) is 0. The van der Waals surface area contributed by atoms with Crippen LogP contribution in [0.15, 0.2) is 505 Å². The van der Waals surface area contributed by atoms with Crippen LogP contribution >= 0.6 is 0 Å². The molecule has 0 saturated carbocycles. The molecule has 20 aromatic carbocycles. The summed E-state index contributed by atoms with van der Waals surface area (Å²) in [4.78, 5) is 0. The number of para-hydroxylation sites is 3. The maximum Gasteiger partial charge on any atom is -0.0544 e. The van der Waals surface area contributed by atoms with Crippen molar-refractivity contribution in [2.45, 2.75) is 0 Å². The Morgan fingerprint density at radius 2 is 0.492 bits per heavy atom. The van der Waals surface area contributed by atoms with Gasteiger partial charge in [-0.05, 0) is 35.4 Å². The van der Waals surface area contributed by atoms with Crippen molar-refractivity contribution in [2.24, 2.45) is 0 Å². The molecule has 0 amide bonds. The van der Waals surface area contributed by atoms with Gasteiger partial charge in [0.25, 0.3) is 0 Å². The first-order valence-corrected chi connectivity index (χ1v) is 50.2. The summed E-state index contributed by atoms with van der Waals surface area (Å²) in [6, 6.07) is 183. The van der Waals surface area contributed by atoms with Crippen LogP contribution in [-0.2, 0) is 0 Å². The average molecular weight is 1720 g/mol. The Morgan fingerprint density at radius 1 is 0.159 bits per heavy atom. The van der Waals surface area contributed by atoms with E-state index in [0.29, 0.717) is 0 Å². The SMILES string of the molecule is c1ccc(-c2ccc3c(c2)c2c4ccccc4oc2n3-c2ccc3oc4ccc(-c5cccc(-c6cc([SiH-](c7ccccc7)(c7ccccc7)c7ccccc7)ccc6-c6ccc7c(c6)c6c8ccccc8n(-c8ccccc8)c6n7-c6ccc7oc8ccc(-c9cccc(-c%10cccc([SiH-](c%11ccccc%11)(c%11ccccc%11)c%11ccccc%11)c%10)c9)cc8c7c6)c5)cc4c3c2)cc1. The molecule has 0 spiro atoms. The van der Waals surface area contributed by atoms with E-state index in [-0.39, 0.29) is 0 Å². The molecule has 0 radical (unpaired) electrons. The zero-order valence-corrected chi connectivity index (χ0v) is 74.3. The van der Waals surface area contributed by atoms with Gasteiger partial charge in [0, 0.05) is 10.8 Å². The standard InChI is InChI=1S/C124H83N3O3Si2/c1-9-32-82(33-10-1)87-58-66-115-112(77-87)122-105-55-26-28-57-116(105)130-124(122)127(115)94-63-71-120-110(80-94)108-76-89(61-69-118(108)129-120)85-36-30-38-90(73-85)106-81-102(132(98-47-19-6-20-48-98,99-49-21-7-22-50-99)100-51-23-8-24-52-100)64-65-103(106)91-59-67-114-111(78-91)121-104-54-25-27-56-113(104)125(92-39-11-2-12-40-92)123(121)126(114)93-62-70-119-109(79-93)107-75-88(60-68-117(107)128-119)84-35-29-34-83(72-84)86-37-31-53-101(74-86)131(95-41-13-3-14-42-95,96-43-15-4-16-44-96)97-45-17-5-18-46-97/h1-81,131-132H/q-2. The quantitative estimate of drug-likeness (QED) is 0.0674. The van der Waals surface area contributed by atoms with Gasteiger partial charge in [0.05, 0.1) is 10.9 Å². The molecule has 0 aliphatic heterocycles. The minimum absolute atomic E-state index is 0.810. The molecule has 6 nitrogen and oxygen atoms in total. The zero-order valence-electron chi connectivity index (χ0n) is 72.0. The Morgan fingerprint density at radius 3 is 1.04 bits per heavy atom. The number of nitrogens with zero attached hydrogens (tertiary/aromatic N) is 3. The average Bonchev–Trinajstić information content (AvgIpc) is 1.51. The van der Waals surface area contributed by atoms with E-state index in [0.717, 1.165) is 172 Å². The first-order chi connectivity index (χ1) is 65.4. The summed E-state index contributed by atoms with van der Waals surface area (Å²) in [7, 11) is -6.82. The third kappa shape index (κ3) is 12.1. The van der Waals surface area contributed by atoms with Crippen molar-refractivity contribution in [3.05, 3.63) is 491 Å². The third-order valence-corrected chi connectivity index (χ3v) is 39.5. The Bertz CT molecular complexity index is 8810. The van der Waals surface area contributed by atoms with Gasteiger partial charge in [0.15, 0.2) is 0 Å². The maximum atomic E-state index is 6.90. The van der Waals surface area contributed by atoms with Gasteiger partial charge in [0.1, 0.15) is 5.58 Å². The van der Waals surface area contributed by atoms with Crippen molar-refractivity contribution in [1.29, 1.82) is 0 Å². The van der Waals surface area contributed by atoms with E-state index in [1.165, 1.54) is 63.4 Å². The Hall–Kier alpha value is -16.9. The number of aromatic nitrogens is 3. The fraction of sp³-hybridized carbons (Fsp3) is 0. The van der Waals surface area contributed by atoms with E-state index < -0.39 is 16.1 Å². The number of hydrogen-bond donors (Lipinski definition) is 0. The number of furan rings is 3. The summed E-state index contributed by atoms with van der Waals surface area (Å²) in [5, 5.41) is 21.8. The molecule has 0 atom stereocenters. The van der Waals surface area contributed by atoms with Gasteiger partial charge in [-0.25, -0.2) is 0 Å². The molecule has 6 aromatic heterocycles. The van der Waals surface area contributed by atoms with Gasteiger partial charge in [0.2, 0.25) is 5.71 Å². The maximum absolute atomic E-state index is 6.90. The summed E-state index contributed by atoms with van der Waals surface area (Å²) in [5.41, 5.74) is 26.0. The minimum Gasteiger partial charge on any atom is -0.0617 e. The number of benzene rings is 20. The van der Waals surface area contributed by atoms with Crippen LogP contribution in [0.2, 0.25) is 0 Å². The summed E-state index contributed by atoms with van der Waals surface area (Å²) >= 11 is 0. The number of rotatable bonds is 17. The van der Waals surface area contributed by atoms with Crippen LogP contribution in [0.1, 0.15) is 0 Å².